The Balaban J connectivity index is 2.33. The van der Waals surface area contributed by atoms with E-state index in [0.29, 0.717) is 6.42 Å². The Morgan fingerprint density at radius 3 is 2.69 bits per heavy atom. The second-order valence-corrected chi connectivity index (χ2v) is 4.07. The summed E-state index contributed by atoms with van der Waals surface area (Å²) in [5.74, 6) is -0.770. The lowest BCUT2D eigenvalue weighted by molar-refractivity contribution is -0.141. The van der Waals surface area contributed by atoms with Crippen molar-refractivity contribution in [3.8, 4) is 0 Å². The molecular weight excluding hydrogens is 204 g/mol. The average Bonchev–Trinajstić information content (AvgIpc) is 2.76. The molecule has 1 aromatic heterocycles. The predicted molar refractivity (Wildman–Crippen MR) is 62.3 cm³/mol. The van der Waals surface area contributed by atoms with Crippen LogP contribution in [0.4, 0.5) is 0 Å². The lowest BCUT2D eigenvalue weighted by Crippen LogP contribution is -2.17. The summed E-state index contributed by atoms with van der Waals surface area (Å²) in [6.07, 6.45) is 11.3. The van der Waals surface area contributed by atoms with Crippen molar-refractivity contribution in [1.29, 1.82) is 0 Å². The van der Waals surface area contributed by atoms with Crippen molar-refractivity contribution in [2.45, 2.75) is 51.5 Å². The number of hydrogen-bond donors (Lipinski definition) is 1. The van der Waals surface area contributed by atoms with Gasteiger partial charge in [-0.1, -0.05) is 39.0 Å². The molecule has 0 saturated heterocycles. The van der Waals surface area contributed by atoms with Gasteiger partial charge in [-0.3, -0.25) is 0 Å². The molecule has 4 heteroatoms. The summed E-state index contributed by atoms with van der Waals surface area (Å²) in [5.41, 5.74) is 0. The third kappa shape index (κ3) is 4.04. The van der Waals surface area contributed by atoms with Crippen LogP contribution in [0.15, 0.2) is 18.7 Å². The first kappa shape index (κ1) is 12.7. The molecule has 0 amide bonds. The van der Waals surface area contributed by atoms with Crippen LogP contribution in [0, 0.1) is 0 Å². The molecule has 1 atom stereocenters. The van der Waals surface area contributed by atoms with E-state index >= 15 is 0 Å². The van der Waals surface area contributed by atoms with Crippen molar-refractivity contribution in [2.24, 2.45) is 0 Å². The first-order valence-electron chi connectivity index (χ1n) is 5.96. The quantitative estimate of drug-likeness (QED) is 0.691. The van der Waals surface area contributed by atoms with Crippen LogP contribution in [-0.4, -0.2) is 20.6 Å². The number of rotatable bonds is 8. The normalized spacial score (nSPS) is 12.6. The minimum Gasteiger partial charge on any atom is -0.480 e. The summed E-state index contributed by atoms with van der Waals surface area (Å²) in [5, 5.41) is 9.10. The van der Waals surface area contributed by atoms with Gasteiger partial charge in [0.1, 0.15) is 6.04 Å². The van der Waals surface area contributed by atoms with E-state index in [2.05, 4.69) is 11.9 Å². The molecule has 0 aliphatic carbocycles. The standard InChI is InChI=1S/C12H20N2O2/c1-2-3-4-5-6-7-11(12(15)16)14-9-8-13-10-14/h8-11H,2-7H2,1H3,(H,15,16). The van der Waals surface area contributed by atoms with E-state index in [4.69, 9.17) is 5.11 Å². The van der Waals surface area contributed by atoms with Gasteiger partial charge in [0.15, 0.2) is 0 Å². The van der Waals surface area contributed by atoms with Crippen LogP contribution in [0.1, 0.15) is 51.5 Å². The second-order valence-electron chi connectivity index (χ2n) is 4.07. The van der Waals surface area contributed by atoms with Crippen molar-refractivity contribution in [2.75, 3.05) is 0 Å². The molecule has 90 valence electrons. The third-order valence-corrected chi connectivity index (χ3v) is 2.75. The van der Waals surface area contributed by atoms with E-state index in [1.165, 1.54) is 19.3 Å². The van der Waals surface area contributed by atoms with Gasteiger partial charge in [0.05, 0.1) is 6.33 Å². The fraction of sp³-hybridized carbons (Fsp3) is 0.667. The average molecular weight is 224 g/mol. The Hall–Kier alpha value is -1.32. The molecule has 4 nitrogen and oxygen atoms in total. The van der Waals surface area contributed by atoms with Crippen LogP contribution < -0.4 is 0 Å². The van der Waals surface area contributed by atoms with Crippen LogP contribution in [0.5, 0.6) is 0 Å². The molecule has 0 aliphatic heterocycles. The van der Waals surface area contributed by atoms with E-state index in [1.54, 1.807) is 23.3 Å². The molecular formula is C12H20N2O2. The Labute approximate surface area is 96.3 Å². The van der Waals surface area contributed by atoms with E-state index < -0.39 is 12.0 Å². The molecule has 0 radical (unpaired) electrons. The number of carboxylic acid groups (broad SMARTS) is 1. The molecule has 0 fully saturated rings. The Bertz CT molecular complexity index is 296. The molecule has 0 spiro atoms. The zero-order valence-corrected chi connectivity index (χ0v) is 9.80. The van der Waals surface area contributed by atoms with Gasteiger partial charge in [0.2, 0.25) is 0 Å². The first-order valence-corrected chi connectivity index (χ1v) is 5.96. The molecule has 1 N–H and O–H groups in total. The molecule has 1 rings (SSSR count). The van der Waals surface area contributed by atoms with E-state index in [-0.39, 0.29) is 0 Å². The van der Waals surface area contributed by atoms with Crippen molar-refractivity contribution >= 4 is 5.97 Å². The summed E-state index contributed by atoms with van der Waals surface area (Å²) in [4.78, 5) is 15.0. The highest BCUT2D eigenvalue weighted by Gasteiger charge is 2.17. The number of imidazole rings is 1. The van der Waals surface area contributed by atoms with Gasteiger partial charge >= 0.3 is 5.97 Å². The zero-order valence-electron chi connectivity index (χ0n) is 9.80. The fourth-order valence-corrected chi connectivity index (χ4v) is 1.80. The van der Waals surface area contributed by atoms with Crippen LogP contribution >= 0.6 is 0 Å². The van der Waals surface area contributed by atoms with Crippen molar-refractivity contribution in [3.05, 3.63) is 18.7 Å². The zero-order chi connectivity index (χ0) is 11.8. The van der Waals surface area contributed by atoms with E-state index in [1.807, 2.05) is 0 Å². The topological polar surface area (TPSA) is 55.1 Å². The SMILES string of the molecule is CCCCCCCC(C(=O)O)n1ccnc1. The molecule has 0 saturated carbocycles. The van der Waals surface area contributed by atoms with Gasteiger partial charge in [-0.15, -0.1) is 0 Å². The van der Waals surface area contributed by atoms with Crippen LogP contribution in [0.3, 0.4) is 0 Å². The summed E-state index contributed by atoms with van der Waals surface area (Å²) in [6.45, 7) is 2.17. The minimum atomic E-state index is -0.770. The molecule has 1 heterocycles. The lowest BCUT2D eigenvalue weighted by atomic mass is 10.1. The highest BCUT2D eigenvalue weighted by molar-refractivity contribution is 5.71. The maximum atomic E-state index is 11.1. The van der Waals surface area contributed by atoms with Crippen molar-refractivity contribution < 1.29 is 9.90 Å². The molecule has 0 aliphatic rings. The second kappa shape index (κ2) is 7.04. The van der Waals surface area contributed by atoms with Gasteiger partial charge in [-0.25, -0.2) is 9.78 Å². The van der Waals surface area contributed by atoms with E-state index in [0.717, 1.165) is 12.8 Å². The van der Waals surface area contributed by atoms with Gasteiger partial charge < -0.3 is 9.67 Å². The highest BCUT2D eigenvalue weighted by Crippen LogP contribution is 2.16. The number of carbonyl (C=O) groups is 1. The number of unbranched alkanes of at least 4 members (excludes halogenated alkanes) is 4. The van der Waals surface area contributed by atoms with Crippen molar-refractivity contribution in [1.82, 2.24) is 9.55 Å². The van der Waals surface area contributed by atoms with Crippen LogP contribution in [-0.2, 0) is 4.79 Å². The van der Waals surface area contributed by atoms with Crippen LogP contribution in [0.2, 0.25) is 0 Å². The monoisotopic (exact) mass is 224 g/mol. The molecule has 0 bridgehead atoms. The van der Waals surface area contributed by atoms with Crippen molar-refractivity contribution in [3.63, 3.8) is 0 Å². The van der Waals surface area contributed by atoms with Gasteiger partial charge in [-0.2, -0.15) is 0 Å². The summed E-state index contributed by atoms with van der Waals surface area (Å²) in [7, 11) is 0. The maximum absolute atomic E-state index is 11.1. The number of carboxylic acids is 1. The number of aromatic nitrogens is 2. The lowest BCUT2D eigenvalue weighted by Gasteiger charge is -2.13. The van der Waals surface area contributed by atoms with E-state index in [9.17, 15) is 4.79 Å². The summed E-state index contributed by atoms with van der Waals surface area (Å²) < 4.78 is 1.67. The minimum absolute atomic E-state index is 0.455. The molecule has 16 heavy (non-hydrogen) atoms. The fourth-order valence-electron chi connectivity index (χ4n) is 1.80. The highest BCUT2D eigenvalue weighted by atomic mass is 16.4. The molecule has 1 aromatic rings. The van der Waals surface area contributed by atoms with Gasteiger partial charge in [0, 0.05) is 12.4 Å². The number of nitrogens with zero attached hydrogens (tertiary/aromatic N) is 2. The Morgan fingerprint density at radius 2 is 2.12 bits per heavy atom. The first-order chi connectivity index (χ1) is 7.75. The Kier molecular flexibility index (Phi) is 5.61. The third-order valence-electron chi connectivity index (χ3n) is 2.75. The molecule has 0 aromatic carbocycles. The molecule has 1 unspecified atom stereocenters. The maximum Gasteiger partial charge on any atom is 0.326 e. The van der Waals surface area contributed by atoms with Crippen LogP contribution in [0.25, 0.3) is 0 Å². The van der Waals surface area contributed by atoms with Gasteiger partial charge in [-0.05, 0) is 6.42 Å². The summed E-state index contributed by atoms with van der Waals surface area (Å²) >= 11 is 0. The Morgan fingerprint density at radius 1 is 1.38 bits per heavy atom. The number of aliphatic carboxylic acids is 1. The van der Waals surface area contributed by atoms with Gasteiger partial charge in [0.25, 0.3) is 0 Å². The predicted octanol–water partition coefficient (Wildman–Crippen LogP) is 2.87. The number of hydrogen-bond acceptors (Lipinski definition) is 2. The smallest absolute Gasteiger partial charge is 0.326 e. The summed E-state index contributed by atoms with van der Waals surface area (Å²) in [6, 6.07) is -0.455. The largest absolute Gasteiger partial charge is 0.480 e.